The van der Waals surface area contributed by atoms with Crippen molar-refractivity contribution in [1.29, 1.82) is 0 Å². The Morgan fingerprint density at radius 1 is 1.36 bits per heavy atom. The van der Waals surface area contributed by atoms with Gasteiger partial charge >= 0.3 is 0 Å². The van der Waals surface area contributed by atoms with E-state index in [1.54, 1.807) is 13.2 Å². The lowest BCUT2D eigenvalue weighted by atomic mass is 9.89. The number of carbonyl (C=O) groups is 1. The number of amides is 1. The van der Waals surface area contributed by atoms with Crippen molar-refractivity contribution < 1.29 is 19.4 Å². The number of hydrogen-bond donors (Lipinski definition) is 1. The van der Waals surface area contributed by atoms with Crippen LogP contribution in [0.1, 0.15) is 31.7 Å². The number of allylic oxidation sites excluding steroid dienone is 1. The van der Waals surface area contributed by atoms with Crippen LogP contribution in [0.5, 0.6) is 5.75 Å². The maximum atomic E-state index is 12.9. The zero-order valence-corrected chi connectivity index (χ0v) is 15.0. The second kappa shape index (κ2) is 8.02. The normalized spacial score (nSPS) is 27.4. The minimum atomic E-state index is -0.383. The van der Waals surface area contributed by atoms with E-state index in [4.69, 9.17) is 9.47 Å². The number of ether oxygens (including phenoxy) is 2. The highest BCUT2D eigenvalue weighted by molar-refractivity contribution is 5.95. The van der Waals surface area contributed by atoms with Crippen molar-refractivity contribution in [2.75, 3.05) is 26.9 Å². The average molecular weight is 345 g/mol. The summed E-state index contributed by atoms with van der Waals surface area (Å²) in [4.78, 5) is 14.8. The predicted molar refractivity (Wildman–Crippen MR) is 96.3 cm³/mol. The van der Waals surface area contributed by atoms with Crippen LogP contribution in [-0.4, -0.2) is 54.9 Å². The summed E-state index contributed by atoms with van der Waals surface area (Å²) < 4.78 is 10.9. The third-order valence-corrected chi connectivity index (χ3v) is 5.31. The van der Waals surface area contributed by atoms with Gasteiger partial charge in [0.25, 0.3) is 0 Å². The Bertz CT molecular complexity index is 642. The first kappa shape index (κ1) is 18.0. The van der Waals surface area contributed by atoms with Gasteiger partial charge in [0.05, 0.1) is 19.8 Å². The molecule has 2 aliphatic rings. The Balaban J connectivity index is 1.77. The van der Waals surface area contributed by atoms with E-state index in [9.17, 15) is 9.90 Å². The molecule has 2 heterocycles. The summed E-state index contributed by atoms with van der Waals surface area (Å²) in [6.07, 6.45) is 3.86. The Hall–Kier alpha value is -1.85. The molecule has 2 aliphatic heterocycles. The highest BCUT2D eigenvalue weighted by Gasteiger charge is 2.39. The molecule has 3 atom stereocenters. The average Bonchev–Trinajstić information content (AvgIpc) is 3.11. The number of aliphatic hydroxyl groups is 1. The zero-order valence-electron chi connectivity index (χ0n) is 15.0. The van der Waals surface area contributed by atoms with Gasteiger partial charge in [-0.2, -0.15) is 0 Å². The van der Waals surface area contributed by atoms with Crippen molar-refractivity contribution in [2.24, 2.45) is 5.92 Å². The number of hydrogen-bond acceptors (Lipinski definition) is 4. The lowest BCUT2D eigenvalue weighted by Crippen LogP contribution is -2.47. The number of aliphatic hydroxyl groups excluding tert-OH is 1. The summed E-state index contributed by atoms with van der Waals surface area (Å²) in [6, 6.07) is 7.76. The molecule has 5 nitrogen and oxygen atoms in total. The lowest BCUT2D eigenvalue weighted by molar-refractivity contribution is -0.131. The second-order valence-electron chi connectivity index (χ2n) is 6.86. The maximum Gasteiger partial charge on any atom is 0.247 e. The van der Waals surface area contributed by atoms with Crippen molar-refractivity contribution in [3.05, 3.63) is 35.9 Å². The van der Waals surface area contributed by atoms with E-state index in [0.29, 0.717) is 19.6 Å². The second-order valence-corrected chi connectivity index (χ2v) is 6.86. The SMILES string of the molecule is COc1ccccc1/C(C)=C/C(=O)N1CCCC1C1COCCC1O. The molecule has 0 bridgehead atoms. The zero-order chi connectivity index (χ0) is 17.8. The Morgan fingerprint density at radius 2 is 2.16 bits per heavy atom. The summed E-state index contributed by atoms with van der Waals surface area (Å²) >= 11 is 0. The summed E-state index contributed by atoms with van der Waals surface area (Å²) in [5.74, 6) is 0.780. The van der Waals surface area contributed by atoms with Gasteiger partial charge in [0.15, 0.2) is 0 Å². The first-order valence-corrected chi connectivity index (χ1v) is 9.00. The van der Waals surface area contributed by atoms with Gasteiger partial charge in [-0.1, -0.05) is 18.2 Å². The number of methoxy groups -OCH3 is 1. The first-order valence-electron chi connectivity index (χ1n) is 9.00. The number of rotatable bonds is 4. The number of benzene rings is 1. The van der Waals surface area contributed by atoms with Gasteiger partial charge in [-0.25, -0.2) is 0 Å². The summed E-state index contributed by atoms with van der Waals surface area (Å²) in [5, 5.41) is 10.3. The van der Waals surface area contributed by atoms with Crippen LogP contribution < -0.4 is 4.74 Å². The van der Waals surface area contributed by atoms with Crippen LogP contribution >= 0.6 is 0 Å². The molecular weight excluding hydrogens is 318 g/mol. The smallest absolute Gasteiger partial charge is 0.247 e. The van der Waals surface area contributed by atoms with Gasteiger partial charge in [0, 0.05) is 36.8 Å². The monoisotopic (exact) mass is 345 g/mol. The van der Waals surface area contributed by atoms with Crippen LogP contribution in [0.2, 0.25) is 0 Å². The van der Waals surface area contributed by atoms with E-state index in [0.717, 1.165) is 36.3 Å². The summed E-state index contributed by atoms with van der Waals surface area (Å²) in [6.45, 7) is 3.80. The summed E-state index contributed by atoms with van der Waals surface area (Å²) in [5.41, 5.74) is 1.81. The third kappa shape index (κ3) is 3.88. The quantitative estimate of drug-likeness (QED) is 0.852. The Labute approximate surface area is 149 Å². The molecule has 0 aliphatic carbocycles. The molecule has 0 radical (unpaired) electrons. The van der Waals surface area contributed by atoms with Gasteiger partial charge in [-0.05, 0) is 37.8 Å². The van der Waals surface area contributed by atoms with Crippen molar-refractivity contribution in [3.8, 4) is 5.75 Å². The third-order valence-electron chi connectivity index (χ3n) is 5.31. The van der Waals surface area contributed by atoms with Crippen LogP contribution in [0.4, 0.5) is 0 Å². The molecule has 136 valence electrons. The summed E-state index contributed by atoms with van der Waals surface area (Å²) in [7, 11) is 1.63. The van der Waals surface area contributed by atoms with Crippen LogP contribution in [0.25, 0.3) is 5.57 Å². The molecule has 1 N–H and O–H groups in total. The number of para-hydroxylation sites is 1. The maximum absolute atomic E-state index is 12.9. The van der Waals surface area contributed by atoms with Crippen molar-refractivity contribution >= 4 is 11.5 Å². The highest BCUT2D eigenvalue weighted by atomic mass is 16.5. The molecule has 1 aromatic carbocycles. The van der Waals surface area contributed by atoms with Crippen LogP contribution in [0.3, 0.4) is 0 Å². The topological polar surface area (TPSA) is 59.0 Å². The van der Waals surface area contributed by atoms with Crippen molar-refractivity contribution in [2.45, 2.75) is 38.3 Å². The van der Waals surface area contributed by atoms with Crippen molar-refractivity contribution in [1.82, 2.24) is 4.90 Å². The number of likely N-dealkylation sites (tertiary alicyclic amines) is 1. The molecule has 0 spiro atoms. The largest absolute Gasteiger partial charge is 0.496 e. The molecule has 3 unspecified atom stereocenters. The predicted octanol–water partition coefficient (Wildman–Crippen LogP) is 2.49. The first-order chi connectivity index (χ1) is 12.1. The molecule has 2 fully saturated rings. The molecule has 3 rings (SSSR count). The van der Waals surface area contributed by atoms with E-state index in [1.807, 2.05) is 36.1 Å². The molecule has 1 amide bonds. The van der Waals surface area contributed by atoms with E-state index in [2.05, 4.69) is 0 Å². The van der Waals surface area contributed by atoms with Gasteiger partial charge in [0.2, 0.25) is 5.91 Å². The van der Waals surface area contributed by atoms with Gasteiger partial charge in [0.1, 0.15) is 5.75 Å². The van der Waals surface area contributed by atoms with Crippen LogP contribution in [0.15, 0.2) is 30.3 Å². The van der Waals surface area contributed by atoms with E-state index in [1.165, 1.54) is 0 Å². The van der Waals surface area contributed by atoms with Crippen LogP contribution in [-0.2, 0) is 9.53 Å². The fraction of sp³-hybridized carbons (Fsp3) is 0.550. The van der Waals surface area contributed by atoms with E-state index in [-0.39, 0.29) is 24.0 Å². The fourth-order valence-electron chi connectivity index (χ4n) is 3.94. The molecule has 0 saturated carbocycles. The van der Waals surface area contributed by atoms with Gasteiger partial charge in [-0.15, -0.1) is 0 Å². The van der Waals surface area contributed by atoms with Gasteiger partial charge < -0.3 is 19.5 Å². The highest BCUT2D eigenvalue weighted by Crippen LogP contribution is 2.31. The number of nitrogens with zero attached hydrogens (tertiary/aromatic N) is 1. The molecular formula is C20H27NO4. The molecule has 25 heavy (non-hydrogen) atoms. The van der Waals surface area contributed by atoms with Crippen molar-refractivity contribution in [3.63, 3.8) is 0 Å². The van der Waals surface area contributed by atoms with E-state index >= 15 is 0 Å². The Morgan fingerprint density at radius 3 is 2.92 bits per heavy atom. The Kier molecular flexibility index (Phi) is 5.76. The minimum absolute atomic E-state index is 0.00341. The molecule has 5 heteroatoms. The molecule has 0 aromatic heterocycles. The fourth-order valence-corrected chi connectivity index (χ4v) is 3.94. The standard InChI is InChI=1S/C20H27NO4/c1-14(15-6-3-4-8-19(15)24-2)12-20(23)21-10-5-7-17(21)16-13-25-11-9-18(16)22/h3-4,6,8,12,16-18,22H,5,7,9-11,13H2,1-2H3/b14-12+. The van der Waals surface area contributed by atoms with Crippen LogP contribution in [0, 0.1) is 5.92 Å². The number of carbonyl (C=O) groups excluding carboxylic acids is 1. The van der Waals surface area contributed by atoms with Gasteiger partial charge in [-0.3, -0.25) is 4.79 Å². The minimum Gasteiger partial charge on any atom is -0.496 e. The van der Waals surface area contributed by atoms with E-state index < -0.39 is 0 Å². The molecule has 2 saturated heterocycles. The molecule has 1 aromatic rings. The lowest BCUT2D eigenvalue weighted by Gasteiger charge is -2.36.